The minimum absolute atomic E-state index is 0.140. The molecule has 1 nitrogen and oxygen atoms in total. The van der Waals surface area contributed by atoms with Crippen LogP contribution in [0.1, 0.15) is 29.8 Å². The highest BCUT2D eigenvalue weighted by Crippen LogP contribution is 2.23. The van der Waals surface area contributed by atoms with Crippen molar-refractivity contribution in [1.29, 1.82) is 0 Å². The number of benzene rings is 2. The molecule has 0 heterocycles. The summed E-state index contributed by atoms with van der Waals surface area (Å²) in [5.41, 5.74) is 4.33. The van der Waals surface area contributed by atoms with E-state index in [1.807, 2.05) is 30.3 Å². The molecular formula is C16H16O. The molecule has 0 aliphatic heterocycles. The minimum Gasteiger partial charge on any atom is -0.295 e. The van der Waals surface area contributed by atoms with Gasteiger partial charge in [-0.25, -0.2) is 0 Å². The van der Waals surface area contributed by atoms with Crippen molar-refractivity contribution in [3.63, 3.8) is 0 Å². The van der Waals surface area contributed by atoms with Gasteiger partial charge in [0, 0.05) is 5.56 Å². The van der Waals surface area contributed by atoms with E-state index >= 15 is 0 Å². The van der Waals surface area contributed by atoms with Crippen molar-refractivity contribution < 1.29 is 4.79 Å². The standard InChI is InChI=1S/C16H16O/c1-3-13-11-15(9-10-16(13)12(2)17)14-7-5-4-6-8-14/h4-11H,3H2,1-2H3. The Morgan fingerprint density at radius 1 is 1.00 bits per heavy atom. The van der Waals surface area contributed by atoms with Crippen molar-refractivity contribution in [2.24, 2.45) is 0 Å². The second-order valence-corrected chi connectivity index (χ2v) is 4.15. The summed E-state index contributed by atoms with van der Waals surface area (Å²) in [6, 6.07) is 16.3. The summed E-state index contributed by atoms with van der Waals surface area (Å²) in [7, 11) is 0. The van der Waals surface area contributed by atoms with Crippen molar-refractivity contribution >= 4 is 5.78 Å². The SMILES string of the molecule is CCc1cc(-c2ccccc2)ccc1C(C)=O. The van der Waals surface area contributed by atoms with Crippen molar-refractivity contribution in [3.8, 4) is 11.1 Å². The van der Waals surface area contributed by atoms with Gasteiger partial charge in [0.1, 0.15) is 0 Å². The fourth-order valence-electron chi connectivity index (χ4n) is 2.04. The Bertz CT molecular complexity index is 526. The van der Waals surface area contributed by atoms with Crippen LogP contribution < -0.4 is 0 Å². The molecule has 17 heavy (non-hydrogen) atoms. The van der Waals surface area contributed by atoms with Gasteiger partial charge in [0.15, 0.2) is 5.78 Å². The summed E-state index contributed by atoms with van der Waals surface area (Å²) in [6.07, 6.45) is 0.885. The van der Waals surface area contributed by atoms with E-state index in [2.05, 4.69) is 25.1 Å². The third-order valence-electron chi connectivity index (χ3n) is 2.97. The van der Waals surface area contributed by atoms with E-state index < -0.39 is 0 Å². The average Bonchev–Trinajstić information content (AvgIpc) is 2.39. The van der Waals surface area contributed by atoms with Crippen molar-refractivity contribution in [2.45, 2.75) is 20.3 Å². The highest BCUT2D eigenvalue weighted by molar-refractivity contribution is 5.96. The number of Topliss-reactive ketones (excluding diaryl/α,β-unsaturated/α-hetero) is 1. The van der Waals surface area contributed by atoms with Gasteiger partial charge < -0.3 is 0 Å². The zero-order valence-electron chi connectivity index (χ0n) is 10.2. The first kappa shape index (κ1) is 11.6. The van der Waals surface area contributed by atoms with Gasteiger partial charge in [-0.2, -0.15) is 0 Å². The predicted octanol–water partition coefficient (Wildman–Crippen LogP) is 4.12. The number of hydrogen-bond acceptors (Lipinski definition) is 1. The van der Waals surface area contributed by atoms with Gasteiger partial charge in [-0.05, 0) is 30.0 Å². The summed E-state index contributed by atoms with van der Waals surface area (Å²) >= 11 is 0. The molecule has 0 spiro atoms. The van der Waals surface area contributed by atoms with Gasteiger partial charge in [0.05, 0.1) is 0 Å². The highest BCUT2D eigenvalue weighted by Gasteiger charge is 2.07. The number of aryl methyl sites for hydroxylation is 1. The Hall–Kier alpha value is -1.89. The normalized spacial score (nSPS) is 10.2. The molecule has 86 valence electrons. The number of ketones is 1. The maximum absolute atomic E-state index is 11.5. The smallest absolute Gasteiger partial charge is 0.160 e. The number of carbonyl (C=O) groups excluding carboxylic acids is 1. The Balaban J connectivity index is 2.49. The molecule has 0 aromatic heterocycles. The minimum atomic E-state index is 0.140. The number of carbonyl (C=O) groups is 1. The predicted molar refractivity (Wildman–Crippen MR) is 71.3 cm³/mol. The largest absolute Gasteiger partial charge is 0.295 e. The molecule has 0 unspecified atom stereocenters. The summed E-state index contributed by atoms with van der Waals surface area (Å²) in [5, 5.41) is 0. The van der Waals surface area contributed by atoms with E-state index in [4.69, 9.17) is 0 Å². The molecule has 0 aliphatic rings. The summed E-state index contributed by atoms with van der Waals surface area (Å²) in [6.45, 7) is 3.70. The molecule has 2 rings (SSSR count). The molecule has 0 aliphatic carbocycles. The lowest BCUT2D eigenvalue weighted by Crippen LogP contribution is -1.98. The number of hydrogen-bond donors (Lipinski definition) is 0. The summed E-state index contributed by atoms with van der Waals surface area (Å²) in [4.78, 5) is 11.5. The third kappa shape index (κ3) is 2.44. The molecule has 0 saturated carbocycles. The van der Waals surface area contributed by atoms with Gasteiger partial charge in [-0.1, -0.05) is 55.5 Å². The Labute approximate surface area is 102 Å². The van der Waals surface area contributed by atoms with E-state index in [1.165, 1.54) is 11.1 Å². The van der Waals surface area contributed by atoms with Crippen molar-refractivity contribution in [2.75, 3.05) is 0 Å². The van der Waals surface area contributed by atoms with E-state index in [-0.39, 0.29) is 5.78 Å². The highest BCUT2D eigenvalue weighted by atomic mass is 16.1. The fraction of sp³-hybridized carbons (Fsp3) is 0.188. The first-order valence-electron chi connectivity index (χ1n) is 5.91. The van der Waals surface area contributed by atoms with E-state index in [1.54, 1.807) is 6.92 Å². The van der Waals surface area contributed by atoms with E-state index in [0.717, 1.165) is 17.5 Å². The van der Waals surface area contributed by atoms with Crippen LogP contribution in [0, 0.1) is 0 Å². The summed E-state index contributed by atoms with van der Waals surface area (Å²) in [5.74, 6) is 0.140. The molecule has 2 aromatic rings. The van der Waals surface area contributed by atoms with Gasteiger partial charge in [-0.15, -0.1) is 0 Å². The molecule has 0 bridgehead atoms. The third-order valence-corrected chi connectivity index (χ3v) is 2.97. The molecule has 0 amide bonds. The summed E-state index contributed by atoms with van der Waals surface area (Å²) < 4.78 is 0. The van der Waals surface area contributed by atoms with Crippen molar-refractivity contribution in [1.82, 2.24) is 0 Å². The van der Waals surface area contributed by atoms with E-state index in [0.29, 0.717) is 0 Å². The Kier molecular flexibility index (Phi) is 3.38. The van der Waals surface area contributed by atoms with Crippen LogP contribution >= 0.6 is 0 Å². The molecular weight excluding hydrogens is 208 g/mol. The second-order valence-electron chi connectivity index (χ2n) is 4.15. The average molecular weight is 224 g/mol. The maximum atomic E-state index is 11.5. The van der Waals surface area contributed by atoms with Gasteiger partial charge >= 0.3 is 0 Å². The van der Waals surface area contributed by atoms with Crippen LogP contribution in [-0.4, -0.2) is 5.78 Å². The van der Waals surface area contributed by atoms with Crippen LogP contribution in [0.3, 0.4) is 0 Å². The lowest BCUT2D eigenvalue weighted by molar-refractivity contribution is 0.101. The first-order valence-corrected chi connectivity index (χ1v) is 5.91. The van der Waals surface area contributed by atoms with Crippen LogP contribution in [0.5, 0.6) is 0 Å². The monoisotopic (exact) mass is 224 g/mol. The zero-order chi connectivity index (χ0) is 12.3. The lowest BCUT2D eigenvalue weighted by atomic mass is 9.96. The van der Waals surface area contributed by atoms with Crippen LogP contribution in [0.15, 0.2) is 48.5 Å². The van der Waals surface area contributed by atoms with Crippen LogP contribution in [0.25, 0.3) is 11.1 Å². The van der Waals surface area contributed by atoms with Crippen LogP contribution in [0.4, 0.5) is 0 Å². The molecule has 2 aromatic carbocycles. The van der Waals surface area contributed by atoms with Gasteiger partial charge in [0.25, 0.3) is 0 Å². The zero-order valence-corrected chi connectivity index (χ0v) is 10.2. The van der Waals surface area contributed by atoms with Crippen LogP contribution in [0.2, 0.25) is 0 Å². The van der Waals surface area contributed by atoms with Crippen LogP contribution in [-0.2, 0) is 6.42 Å². The second kappa shape index (κ2) is 4.96. The molecule has 0 saturated heterocycles. The molecule has 0 N–H and O–H groups in total. The van der Waals surface area contributed by atoms with Crippen molar-refractivity contribution in [3.05, 3.63) is 59.7 Å². The van der Waals surface area contributed by atoms with Gasteiger partial charge in [0.2, 0.25) is 0 Å². The van der Waals surface area contributed by atoms with E-state index in [9.17, 15) is 4.79 Å². The maximum Gasteiger partial charge on any atom is 0.160 e. The van der Waals surface area contributed by atoms with Gasteiger partial charge in [-0.3, -0.25) is 4.79 Å². The number of rotatable bonds is 3. The lowest BCUT2D eigenvalue weighted by Gasteiger charge is -2.08. The molecule has 1 heteroatoms. The topological polar surface area (TPSA) is 17.1 Å². The fourth-order valence-corrected chi connectivity index (χ4v) is 2.04. The quantitative estimate of drug-likeness (QED) is 0.717. The molecule has 0 radical (unpaired) electrons. The first-order chi connectivity index (χ1) is 8.22. The molecule has 0 fully saturated rings. The molecule has 0 atom stereocenters. The Morgan fingerprint density at radius 3 is 2.29 bits per heavy atom. The Morgan fingerprint density at radius 2 is 1.71 bits per heavy atom.